The van der Waals surface area contributed by atoms with E-state index in [9.17, 15) is 4.79 Å². The molecule has 26 heavy (non-hydrogen) atoms. The first-order valence-corrected chi connectivity index (χ1v) is 9.31. The van der Waals surface area contributed by atoms with E-state index in [2.05, 4.69) is 27.4 Å². The molecule has 0 saturated carbocycles. The van der Waals surface area contributed by atoms with Gasteiger partial charge < -0.3 is 10.1 Å². The Labute approximate surface area is 153 Å². The first-order chi connectivity index (χ1) is 12.8. The lowest BCUT2D eigenvalue weighted by Gasteiger charge is -2.23. The van der Waals surface area contributed by atoms with Crippen LogP contribution in [0.3, 0.4) is 0 Å². The van der Waals surface area contributed by atoms with Crippen LogP contribution in [0.15, 0.2) is 42.7 Å². The maximum absolute atomic E-state index is 12.3. The Balaban J connectivity index is 1.50. The summed E-state index contributed by atoms with van der Waals surface area (Å²) >= 11 is 0. The molecule has 1 N–H and O–H groups in total. The number of nitrogens with one attached hydrogen (secondary N) is 1. The van der Waals surface area contributed by atoms with Gasteiger partial charge >= 0.3 is 6.09 Å². The number of carbonyl (C=O) groups excluding carboxylic acids is 1. The van der Waals surface area contributed by atoms with Gasteiger partial charge in [-0.2, -0.15) is 0 Å². The Morgan fingerprint density at radius 1 is 1.12 bits per heavy atom. The fraction of sp³-hybridized carbons (Fsp3) is 0.450. The van der Waals surface area contributed by atoms with E-state index in [0.717, 1.165) is 31.6 Å². The number of carbonyl (C=O) groups is 1. The molecular formula is C20H24N4O2. The Kier molecular flexibility index (Phi) is 5.11. The molecule has 6 heteroatoms. The molecule has 2 aliphatic heterocycles. The molecule has 3 heterocycles. The van der Waals surface area contributed by atoms with E-state index in [4.69, 9.17) is 4.74 Å². The average molecular weight is 352 g/mol. The maximum atomic E-state index is 12.3. The lowest BCUT2D eigenvalue weighted by molar-refractivity contribution is 0.178. The summed E-state index contributed by atoms with van der Waals surface area (Å²) in [5, 5.41) is 3.39. The second-order valence-electron chi connectivity index (χ2n) is 7.06. The summed E-state index contributed by atoms with van der Waals surface area (Å²) in [6, 6.07) is 12.1. The van der Waals surface area contributed by atoms with Crippen LogP contribution in [0.1, 0.15) is 24.1 Å². The molecule has 1 aromatic carbocycles. The summed E-state index contributed by atoms with van der Waals surface area (Å²) < 4.78 is 5.31. The van der Waals surface area contributed by atoms with Gasteiger partial charge in [-0.05, 0) is 50.3 Å². The van der Waals surface area contributed by atoms with Crippen molar-refractivity contribution in [2.45, 2.75) is 31.7 Å². The van der Waals surface area contributed by atoms with E-state index in [1.54, 1.807) is 11.2 Å². The first kappa shape index (κ1) is 17.0. The predicted molar refractivity (Wildman–Crippen MR) is 99.1 cm³/mol. The van der Waals surface area contributed by atoms with Crippen LogP contribution in [0.2, 0.25) is 0 Å². The number of amides is 1. The number of nitrogens with zero attached hydrogens (tertiary/aromatic N) is 3. The van der Waals surface area contributed by atoms with Gasteiger partial charge in [0.1, 0.15) is 18.8 Å². The van der Waals surface area contributed by atoms with Crippen molar-refractivity contribution in [3.05, 3.63) is 54.0 Å². The van der Waals surface area contributed by atoms with Gasteiger partial charge in [-0.25, -0.2) is 14.8 Å². The van der Waals surface area contributed by atoms with Gasteiger partial charge in [-0.1, -0.05) is 30.3 Å². The van der Waals surface area contributed by atoms with E-state index < -0.39 is 0 Å². The number of hydrogen-bond acceptors (Lipinski definition) is 5. The van der Waals surface area contributed by atoms with Gasteiger partial charge in [0.05, 0.1) is 6.04 Å². The molecule has 4 rings (SSSR count). The van der Waals surface area contributed by atoms with Crippen molar-refractivity contribution in [2.24, 2.45) is 5.92 Å². The van der Waals surface area contributed by atoms with Gasteiger partial charge in [-0.3, -0.25) is 4.90 Å². The highest BCUT2D eigenvalue weighted by Crippen LogP contribution is 2.25. The minimum Gasteiger partial charge on any atom is -0.447 e. The number of hydrogen-bond donors (Lipinski definition) is 1. The van der Waals surface area contributed by atoms with Crippen molar-refractivity contribution in [2.75, 3.05) is 24.6 Å². The third-order valence-corrected chi connectivity index (χ3v) is 5.19. The highest BCUT2D eigenvalue weighted by atomic mass is 16.6. The molecule has 136 valence electrons. The zero-order valence-corrected chi connectivity index (χ0v) is 14.8. The standard InChI is InChI=1S/C20H24N4O2/c25-20-24(18(13-26-20)11-15-4-2-1-3-5-15)19-12-17(22-14-23-19)10-16-6-8-21-9-7-16/h1-5,12,14,16,18,21H,6-11,13H2/t18-/m0/s1. The number of aromatic nitrogens is 2. The first-order valence-electron chi connectivity index (χ1n) is 9.31. The minimum absolute atomic E-state index is 0.0356. The third kappa shape index (κ3) is 3.85. The second-order valence-corrected chi connectivity index (χ2v) is 7.06. The molecular weight excluding hydrogens is 328 g/mol. The molecule has 6 nitrogen and oxygen atoms in total. The molecule has 2 saturated heterocycles. The van der Waals surface area contributed by atoms with Crippen molar-refractivity contribution >= 4 is 11.9 Å². The van der Waals surface area contributed by atoms with Crippen molar-refractivity contribution < 1.29 is 9.53 Å². The summed E-state index contributed by atoms with van der Waals surface area (Å²) in [5.41, 5.74) is 2.19. The number of rotatable bonds is 5. The number of piperidine rings is 1. The molecule has 1 amide bonds. The van der Waals surface area contributed by atoms with Crippen molar-refractivity contribution in [3.8, 4) is 0 Å². The highest BCUT2D eigenvalue weighted by Gasteiger charge is 2.35. The SMILES string of the molecule is O=C1OC[C@H](Cc2ccccc2)N1c1cc(CC2CCNCC2)ncn1. The molecule has 2 aliphatic rings. The molecule has 1 aromatic heterocycles. The number of anilines is 1. The summed E-state index contributed by atoms with van der Waals surface area (Å²) in [5.74, 6) is 1.29. The van der Waals surface area contributed by atoms with Crippen molar-refractivity contribution in [1.29, 1.82) is 0 Å². The van der Waals surface area contributed by atoms with Crippen LogP contribution < -0.4 is 10.2 Å². The van der Waals surface area contributed by atoms with Crippen LogP contribution in [0.4, 0.5) is 10.6 Å². The van der Waals surface area contributed by atoms with Gasteiger partial charge in [0.15, 0.2) is 0 Å². The van der Waals surface area contributed by atoms with E-state index in [0.29, 0.717) is 18.3 Å². The van der Waals surface area contributed by atoms with E-state index in [1.165, 1.54) is 18.4 Å². The smallest absolute Gasteiger partial charge is 0.415 e. The zero-order valence-electron chi connectivity index (χ0n) is 14.8. The lowest BCUT2D eigenvalue weighted by Crippen LogP contribution is -2.36. The van der Waals surface area contributed by atoms with Crippen LogP contribution in [0.5, 0.6) is 0 Å². The molecule has 0 unspecified atom stereocenters. The molecule has 0 aliphatic carbocycles. The fourth-order valence-electron chi connectivity index (χ4n) is 3.79. The molecule has 0 bridgehead atoms. The van der Waals surface area contributed by atoms with E-state index >= 15 is 0 Å². The summed E-state index contributed by atoms with van der Waals surface area (Å²) in [6.07, 6.45) is 5.27. The van der Waals surface area contributed by atoms with Crippen molar-refractivity contribution in [3.63, 3.8) is 0 Å². The van der Waals surface area contributed by atoms with Crippen LogP contribution >= 0.6 is 0 Å². The van der Waals surface area contributed by atoms with E-state index in [1.807, 2.05) is 24.3 Å². The Bertz CT molecular complexity index is 746. The van der Waals surface area contributed by atoms with Gasteiger partial charge in [-0.15, -0.1) is 0 Å². The molecule has 0 radical (unpaired) electrons. The molecule has 2 fully saturated rings. The predicted octanol–water partition coefficient (Wildman–Crippen LogP) is 2.59. The van der Waals surface area contributed by atoms with Crippen LogP contribution in [0, 0.1) is 5.92 Å². The zero-order chi connectivity index (χ0) is 17.8. The number of cyclic esters (lactones) is 1. The van der Waals surface area contributed by atoms with Gasteiger partial charge in [0.2, 0.25) is 0 Å². The highest BCUT2D eigenvalue weighted by molar-refractivity contribution is 5.89. The summed E-state index contributed by atoms with van der Waals surface area (Å²) in [7, 11) is 0. The quantitative estimate of drug-likeness (QED) is 0.896. The van der Waals surface area contributed by atoms with Gasteiger partial charge in [0, 0.05) is 11.8 Å². The molecule has 0 spiro atoms. The monoisotopic (exact) mass is 352 g/mol. The van der Waals surface area contributed by atoms with Gasteiger partial charge in [0.25, 0.3) is 0 Å². The van der Waals surface area contributed by atoms with E-state index in [-0.39, 0.29) is 12.1 Å². The third-order valence-electron chi connectivity index (χ3n) is 5.19. The number of ether oxygens (including phenoxy) is 1. The Hall–Kier alpha value is -2.47. The fourth-order valence-corrected chi connectivity index (χ4v) is 3.79. The minimum atomic E-state index is -0.322. The van der Waals surface area contributed by atoms with Crippen LogP contribution in [-0.2, 0) is 17.6 Å². The summed E-state index contributed by atoms with van der Waals surface area (Å²) in [6.45, 7) is 2.53. The van der Waals surface area contributed by atoms with Crippen LogP contribution in [-0.4, -0.2) is 41.8 Å². The Morgan fingerprint density at radius 3 is 2.73 bits per heavy atom. The lowest BCUT2D eigenvalue weighted by atomic mass is 9.93. The second kappa shape index (κ2) is 7.83. The summed E-state index contributed by atoms with van der Waals surface area (Å²) in [4.78, 5) is 22.8. The van der Waals surface area contributed by atoms with Crippen LogP contribution in [0.25, 0.3) is 0 Å². The molecule has 1 atom stereocenters. The normalized spacial score (nSPS) is 21.0. The maximum Gasteiger partial charge on any atom is 0.415 e. The topological polar surface area (TPSA) is 67.3 Å². The average Bonchev–Trinajstić information content (AvgIpc) is 3.04. The Morgan fingerprint density at radius 2 is 1.92 bits per heavy atom. The van der Waals surface area contributed by atoms with Crippen molar-refractivity contribution in [1.82, 2.24) is 15.3 Å². The number of benzene rings is 1. The largest absolute Gasteiger partial charge is 0.447 e. The molecule has 2 aromatic rings.